The molecule has 2 aliphatic heterocycles. The first-order valence-corrected chi connectivity index (χ1v) is 11.6. The highest BCUT2D eigenvalue weighted by molar-refractivity contribution is 5.89. The number of benzene rings is 1. The number of rotatable bonds is 3. The standard InChI is InChI=1S/C26H25FN6O/c1-17-30-24-5-4-20(27)12-22(24)26(31-17)33-8-6-23-19(15-33)11-21(14-29-23)32-9-10-34-25(16-32)18-3-2-7-28-13-18/h2-5,7,11-14,25H,6,8-10,15-16H2,1H3. The first-order chi connectivity index (χ1) is 16.6. The number of nitrogens with zero attached hydrogens (tertiary/aromatic N) is 6. The van der Waals surface area contributed by atoms with Crippen molar-refractivity contribution in [3.63, 3.8) is 0 Å². The van der Waals surface area contributed by atoms with E-state index in [1.165, 1.54) is 17.7 Å². The summed E-state index contributed by atoms with van der Waals surface area (Å²) in [5.41, 5.74) is 5.22. The normalized spacial score (nSPS) is 18.2. The monoisotopic (exact) mass is 456 g/mol. The molecule has 2 aliphatic rings. The van der Waals surface area contributed by atoms with Crippen molar-refractivity contribution < 1.29 is 9.13 Å². The molecule has 1 unspecified atom stereocenters. The average Bonchev–Trinajstić information content (AvgIpc) is 2.88. The number of pyridine rings is 2. The predicted molar refractivity (Wildman–Crippen MR) is 128 cm³/mol. The van der Waals surface area contributed by atoms with Gasteiger partial charge in [0.05, 0.1) is 24.0 Å². The molecule has 1 saturated heterocycles. The van der Waals surface area contributed by atoms with Crippen LogP contribution in [0.4, 0.5) is 15.9 Å². The van der Waals surface area contributed by atoms with Gasteiger partial charge in [0.25, 0.3) is 0 Å². The number of aryl methyl sites for hydroxylation is 1. The van der Waals surface area contributed by atoms with Gasteiger partial charge in [0.1, 0.15) is 23.6 Å². The zero-order valence-corrected chi connectivity index (χ0v) is 19.0. The third-order valence-corrected chi connectivity index (χ3v) is 6.56. The molecule has 0 N–H and O–H groups in total. The second-order valence-electron chi connectivity index (χ2n) is 8.82. The molecule has 0 aliphatic carbocycles. The summed E-state index contributed by atoms with van der Waals surface area (Å²) in [4.78, 5) is 22.7. The van der Waals surface area contributed by atoms with Crippen molar-refractivity contribution in [3.05, 3.63) is 83.5 Å². The van der Waals surface area contributed by atoms with Crippen molar-refractivity contribution >= 4 is 22.4 Å². The molecule has 1 aromatic carbocycles. The molecule has 4 aromatic rings. The summed E-state index contributed by atoms with van der Waals surface area (Å²) < 4.78 is 20.0. The second kappa shape index (κ2) is 8.61. The highest BCUT2D eigenvalue weighted by Gasteiger charge is 2.25. The fourth-order valence-corrected chi connectivity index (χ4v) is 4.86. The lowest BCUT2D eigenvalue weighted by Crippen LogP contribution is -2.39. The third kappa shape index (κ3) is 3.94. The maximum absolute atomic E-state index is 14.0. The number of fused-ring (bicyclic) bond motifs is 2. The van der Waals surface area contributed by atoms with Crippen LogP contribution in [0, 0.1) is 12.7 Å². The molecule has 6 rings (SSSR count). The van der Waals surface area contributed by atoms with Gasteiger partial charge in [0.2, 0.25) is 0 Å². The summed E-state index contributed by atoms with van der Waals surface area (Å²) >= 11 is 0. The summed E-state index contributed by atoms with van der Waals surface area (Å²) in [5.74, 6) is 1.18. The van der Waals surface area contributed by atoms with Gasteiger partial charge in [-0.05, 0) is 42.8 Å². The van der Waals surface area contributed by atoms with Crippen LogP contribution >= 0.6 is 0 Å². The largest absolute Gasteiger partial charge is 0.370 e. The van der Waals surface area contributed by atoms with Crippen LogP contribution in [0.5, 0.6) is 0 Å². The van der Waals surface area contributed by atoms with Crippen molar-refractivity contribution in [2.75, 3.05) is 36.0 Å². The number of ether oxygens (including phenoxy) is 1. The zero-order chi connectivity index (χ0) is 23.1. The van der Waals surface area contributed by atoms with Crippen LogP contribution in [0.3, 0.4) is 0 Å². The fraction of sp³-hybridized carbons (Fsp3) is 0.308. The van der Waals surface area contributed by atoms with E-state index in [0.29, 0.717) is 19.0 Å². The maximum atomic E-state index is 14.0. The van der Waals surface area contributed by atoms with Crippen molar-refractivity contribution in [1.82, 2.24) is 19.9 Å². The van der Waals surface area contributed by atoms with Gasteiger partial charge in [-0.15, -0.1) is 0 Å². The Hall–Kier alpha value is -3.65. The number of hydrogen-bond acceptors (Lipinski definition) is 7. The molecule has 0 bridgehead atoms. The van der Waals surface area contributed by atoms with E-state index >= 15 is 0 Å². The minimum absolute atomic E-state index is 0.0137. The molecule has 0 radical (unpaired) electrons. The van der Waals surface area contributed by atoms with Crippen molar-refractivity contribution in [1.29, 1.82) is 0 Å². The molecule has 8 heteroatoms. The molecule has 5 heterocycles. The van der Waals surface area contributed by atoms with E-state index in [1.54, 1.807) is 12.3 Å². The number of halogens is 1. The van der Waals surface area contributed by atoms with Gasteiger partial charge in [0.15, 0.2) is 0 Å². The van der Waals surface area contributed by atoms with Crippen LogP contribution < -0.4 is 9.80 Å². The Kier molecular flexibility index (Phi) is 5.30. The van der Waals surface area contributed by atoms with Crippen LogP contribution in [0.15, 0.2) is 55.0 Å². The Morgan fingerprint density at radius 3 is 2.88 bits per heavy atom. The van der Waals surface area contributed by atoms with Gasteiger partial charge >= 0.3 is 0 Å². The van der Waals surface area contributed by atoms with Crippen LogP contribution in [0.1, 0.15) is 28.7 Å². The van der Waals surface area contributed by atoms with E-state index in [1.807, 2.05) is 25.4 Å². The molecule has 0 amide bonds. The second-order valence-corrected chi connectivity index (χ2v) is 8.82. The minimum atomic E-state index is -0.280. The summed E-state index contributed by atoms with van der Waals surface area (Å²) in [6.45, 7) is 5.55. The molecule has 1 fully saturated rings. The van der Waals surface area contributed by atoms with E-state index in [9.17, 15) is 4.39 Å². The van der Waals surface area contributed by atoms with Gasteiger partial charge < -0.3 is 14.5 Å². The molecular formula is C26H25FN6O. The van der Waals surface area contributed by atoms with Crippen LogP contribution in [0.2, 0.25) is 0 Å². The van der Waals surface area contributed by atoms with Crippen LogP contribution in [-0.2, 0) is 17.7 Å². The molecule has 0 saturated carbocycles. The van der Waals surface area contributed by atoms with Crippen molar-refractivity contribution in [2.45, 2.75) is 26.0 Å². The van der Waals surface area contributed by atoms with E-state index in [2.05, 4.69) is 36.9 Å². The van der Waals surface area contributed by atoms with Gasteiger partial charge in [-0.25, -0.2) is 14.4 Å². The quantitative estimate of drug-likeness (QED) is 0.461. The Morgan fingerprint density at radius 1 is 1.06 bits per heavy atom. The summed E-state index contributed by atoms with van der Waals surface area (Å²) in [6, 6.07) is 10.9. The lowest BCUT2D eigenvalue weighted by molar-refractivity contribution is 0.0395. The van der Waals surface area contributed by atoms with Crippen molar-refractivity contribution in [2.24, 2.45) is 0 Å². The Labute approximate surface area is 197 Å². The number of anilines is 2. The average molecular weight is 457 g/mol. The zero-order valence-electron chi connectivity index (χ0n) is 19.0. The lowest BCUT2D eigenvalue weighted by atomic mass is 10.0. The van der Waals surface area contributed by atoms with E-state index in [4.69, 9.17) is 9.72 Å². The van der Waals surface area contributed by atoms with Gasteiger partial charge in [0, 0.05) is 61.6 Å². The summed E-state index contributed by atoms with van der Waals surface area (Å²) in [7, 11) is 0. The van der Waals surface area contributed by atoms with E-state index < -0.39 is 0 Å². The SMILES string of the molecule is Cc1nc(N2CCc3ncc(N4CCOC(c5cccnc5)C4)cc3C2)c2cc(F)ccc2n1. The fourth-order valence-electron chi connectivity index (χ4n) is 4.86. The molecular weight excluding hydrogens is 431 g/mol. The summed E-state index contributed by atoms with van der Waals surface area (Å²) in [5, 5.41) is 0.741. The highest BCUT2D eigenvalue weighted by atomic mass is 19.1. The number of morpholine rings is 1. The topological polar surface area (TPSA) is 67.3 Å². The minimum Gasteiger partial charge on any atom is -0.370 e. The molecule has 34 heavy (non-hydrogen) atoms. The predicted octanol–water partition coefficient (Wildman–Crippen LogP) is 4.01. The number of hydrogen-bond donors (Lipinski definition) is 0. The van der Waals surface area contributed by atoms with Gasteiger partial charge in [-0.1, -0.05) is 6.07 Å². The third-order valence-electron chi connectivity index (χ3n) is 6.56. The molecule has 172 valence electrons. The van der Waals surface area contributed by atoms with E-state index in [0.717, 1.165) is 59.7 Å². The first-order valence-electron chi connectivity index (χ1n) is 11.6. The Morgan fingerprint density at radius 2 is 2.00 bits per heavy atom. The molecule has 7 nitrogen and oxygen atoms in total. The molecule has 1 atom stereocenters. The Bertz CT molecular complexity index is 1350. The molecule has 3 aromatic heterocycles. The van der Waals surface area contributed by atoms with Gasteiger partial charge in [-0.3, -0.25) is 9.97 Å². The highest BCUT2D eigenvalue weighted by Crippen LogP contribution is 2.31. The lowest BCUT2D eigenvalue weighted by Gasteiger charge is -2.36. The summed E-state index contributed by atoms with van der Waals surface area (Å²) in [6.07, 6.45) is 6.42. The smallest absolute Gasteiger partial charge is 0.140 e. The maximum Gasteiger partial charge on any atom is 0.140 e. The van der Waals surface area contributed by atoms with Crippen LogP contribution in [-0.4, -0.2) is 46.2 Å². The Balaban J connectivity index is 1.28. The van der Waals surface area contributed by atoms with Crippen LogP contribution in [0.25, 0.3) is 10.9 Å². The van der Waals surface area contributed by atoms with Gasteiger partial charge in [-0.2, -0.15) is 0 Å². The van der Waals surface area contributed by atoms with E-state index in [-0.39, 0.29) is 11.9 Å². The number of aromatic nitrogens is 4. The van der Waals surface area contributed by atoms with Crippen molar-refractivity contribution in [3.8, 4) is 0 Å². The molecule has 0 spiro atoms. The first kappa shape index (κ1) is 20.9.